The number of fused-ring (bicyclic) bond motifs is 2. The molecular formula is C23H19N5O2. The molecule has 0 aliphatic carbocycles. The highest BCUT2D eigenvalue weighted by molar-refractivity contribution is 5.80. The standard InChI is InChI=1S/C23H19N5O2/c1-14-7-9-16(10-8-14)19-13-25-28-21(29)11-20(26-22(19)28)15(2)27-23(30)18-6-4-3-5-17(18)12-24-27/h3-13,15,25H,1-2H3/t15-/m1/s1. The zero-order chi connectivity index (χ0) is 20.8. The summed E-state index contributed by atoms with van der Waals surface area (Å²) in [7, 11) is 0. The number of aryl methyl sites for hydroxylation is 1. The Labute approximate surface area is 171 Å². The largest absolute Gasteiger partial charge is 0.296 e. The molecule has 0 aliphatic heterocycles. The third-order valence-corrected chi connectivity index (χ3v) is 5.40. The van der Waals surface area contributed by atoms with E-state index >= 15 is 0 Å². The van der Waals surface area contributed by atoms with Crippen molar-refractivity contribution in [2.45, 2.75) is 19.9 Å². The maximum Gasteiger partial charge on any atom is 0.275 e. The number of aromatic amines is 1. The van der Waals surface area contributed by atoms with Crippen LogP contribution in [0.1, 0.15) is 24.2 Å². The third-order valence-electron chi connectivity index (χ3n) is 5.40. The van der Waals surface area contributed by atoms with E-state index < -0.39 is 6.04 Å². The van der Waals surface area contributed by atoms with Gasteiger partial charge in [-0.3, -0.25) is 14.7 Å². The van der Waals surface area contributed by atoms with Crippen LogP contribution in [0, 0.1) is 6.92 Å². The number of aromatic nitrogens is 5. The number of benzene rings is 2. The van der Waals surface area contributed by atoms with Gasteiger partial charge in [0.05, 0.1) is 23.3 Å². The fourth-order valence-electron chi connectivity index (χ4n) is 3.66. The molecule has 7 heteroatoms. The molecular weight excluding hydrogens is 378 g/mol. The van der Waals surface area contributed by atoms with Crippen molar-refractivity contribution >= 4 is 16.4 Å². The van der Waals surface area contributed by atoms with Gasteiger partial charge in [-0.2, -0.15) is 5.10 Å². The third kappa shape index (κ3) is 2.83. The summed E-state index contributed by atoms with van der Waals surface area (Å²) in [6.07, 6.45) is 3.43. The summed E-state index contributed by atoms with van der Waals surface area (Å²) >= 11 is 0. The van der Waals surface area contributed by atoms with E-state index in [9.17, 15) is 9.59 Å². The predicted molar refractivity (Wildman–Crippen MR) is 116 cm³/mol. The summed E-state index contributed by atoms with van der Waals surface area (Å²) in [5, 5.41) is 8.65. The Hall–Kier alpha value is -4.00. The number of hydrogen-bond donors (Lipinski definition) is 1. The van der Waals surface area contributed by atoms with Crippen molar-refractivity contribution in [3.63, 3.8) is 0 Å². The first-order chi connectivity index (χ1) is 14.5. The lowest BCUT2D eigenvalue weighted by Gasteiger charge is -2.14. The van der Waals surface area contributed by atoms with Gasteiger partial charge >= 0.3 is 0 Å². The fourth-order valence-corrected chi connectivity index (χ4v) is 3.66. The second-order valence-electron chi connectivity index (χ2n) is 7.39. The van der Waals surface area contributed by atoms with Gasteiger partial charge in [-0.15, -0.1) is 0 Å². The molecule has 0 unspecified atom stereocenters. The van der Waals surface area contributed by atoms with Gasteiger partial charge in [-0.25, -0.2) is 14.2 Å². The van der Waals surface area contributed by atoms with Gasteiger partial charge < -0.3 is 0 Å². The quantitative estimate of drug-likeness (QED) is 0.506. The van der Waals surface area contributed by atoms with Gasteiger partial charge in [-0.05, 0) is 25.5 Å². The van der Waals surface area contributed by atoms with Crippen molar-refractivity contribution in [1.29, 1.82) is 0 Å². The molecule has 0 saturated carbocycles. The topological polar surface area (TPSA) is 85.0 Å². The minimum atomic E-state index is -0.499. The SMILES string of the molecule is Cc1ccc(-c2c[nH]n3c(=O)cc([C@@H](C)n4ncc5ccccc5c4=O)nc23)cc1. The molecule has 0 bridgehead atoms. The summed E-state index contributed by atoms with van der Waals surface area (Å²) in [5.41, 5.74) is 3.47. The molecule has 148 valence electrons. The van der Waals surface area contributed by atoms with Crippen LogP contribution >= 0.6 is 0 Å². The summed E-state index contributed by atoms with van der Waals surface area (Å²) in [4.78, 5) is 30.4. The smallest absolute Gasteiger partial charge is 0.275 e. The molecule has 0 aliphatic rings. The van der Waals surface area contributed by atoms with Crippen molar-refractivity contribution in [2.75, 3.05) is 0 Å². The van der Waals surface area contributed by atoms with Crippen LogP contribution in [0.5, 0.6) is 0 Å². The van der Waals surface area contributed by atoms with Gasteiger partial charge in [0, 0.05) is 23.2 Å². The highest BCUT2D eigenvalue weighted by Crippen LogP contribution is 2.24. The Morgan fingerprint density at radius 1 is 1.03 bits per heavy atom. The van der Waals surface area contributed by atoms with E-state index in [0.29, 0.717) is 16.7 Å². The van der Waals surface area contributed by atoms with Gasteiger partial charge in [0.1, 0.15) is 0 Å². The van der Waals surface area contributed by atoms with E-state index in [0.717, 1.165) is 22.1 Å². The molecule has 1 N–H and O–H groups in total. The molecule has 0 fully saturated rings. The van der Waals surface area contributed by atoms with Crippen molar-refractivity contribution in [2.24, 2.45) is 0 Å². The molecule has 3 heterocycles. The Morgan fingerprint density at radius 2 is 1.80 bits per heavy atom. The number of rotatable bonds is 3. The van der Waals surface area contributed by atoms with E-state index in [4.69, 9.17) is 4.98 Å². The van der Waals surface area contributed by atoms with E-state index in [1.807, 2.05) is 56.3 Å². The van der Waals surface area contributed by atoms with Crippen LogP contribution in [-0.2, 0) is 0 Å². The second-order valence-corrected chi connectivity index (χ2v) is 7.39. The van der Waals surface area contributed by atoms with Crippen LogP contribution in [0.25, 0.3) is 27.5 Å². The Kier molecular flexibility index (Phi) is 4.10. The normalized spacial score (nSPS) is 12.5. The molecule has 0 saturated heterocycles. The molecule has 5 rings (SSSR count). The van der Waals surface area contributed by atoms with Crippen LogP contribution in [0.15, 0.2) is 76.6 Å². The molecule has 0 amide bonds. The van der Waals surface area contributed by atoms with Gasteiger partial charge in [-0.1, -0.05) is 48.0 Å². The molecule has 0 radical (unpaired) electrons. The second kappa shape index (κ2) is 6.81. The lowest BCUT2D eigenvalue weighted by atomic mass is 10.1. The average molecular weight is 397 g/mol. The monoisotopic (exact) mass is 397 g/mol. The van der Waals surface area contributed by atoms with Crippen molar-refractivity contribution < 1.29 is 0 Å². The molecule has 1 atom stereocenters. The Bertz CT molecular complexity index is 1510. The van der Waals surface area contributed by atoms with E-state index in [1.54, 1.807) is 18.5 Å². The lowest BCUT2D eigenvalue weighted by Crippen LogP contribution is -2.28. The van der Waals surface area contributed by atoms with E-state index in [2.05, 4.69) is 10.2 Å². The Morgan fingerprint density at radius 3 is 2.60 bits per heavy atom. The molecule has 30 heavy (non-hydrogen) atoms. The van der Waals surface area contributed by atoms with E-state index in [-0.39, 0.29) is 11.1 Å². The van der Waals surface area contributed by atoms with Crippen LogP contribution in [0.2, 0.25) is 0 Å². The minimum Gasteiger partial charge on any atom is -0.296 e. The number of nitrogens with zero attached hydrogens (tertiary/aromatic N) is 4. The molecule has 3 aromatic heterocycles. The first kappa shape index (κ1) is 18.1. The Balaban J connectivity index is 1.67. The fraction of sp³-hybridized carbons (Fsp3) is 0.130. The number of hydrogen-bond acceptors (Lipinski definition) is 4. The maximum absolute atomic E-state index is 12.9. The minimum absolute atomic E-state index is 0.213. The van der Waals surface area contributed by atoms with Crippen molar-refractivity contribution in [1.82, 2.24) is 24.4 Å². The van der Waals surface area contributed by atoms with E-state index in [1.165, 1.54) is 15.3 Å². The highest BCUT2D eigenvalue weighted by Gasteiger charge is 2.18. The van der Waals surface area contributed by atoms with Crippen molar-refractivity contribution in [3.8, 4) is 11.1 Å². The first-order valence-electron chi connectivity index (χ1n) is 9.67. The summed E-state index contributed by atoms with van der Waals surface area (Å²) in [6, 6.07) is 16.3. The molecule has 2 aromatic carbocycles. The van der Waals surface area contributed by atoms with Crippen molar-refractivity contribution in [3.05, 3.63) is 99.0 Å². The van der Waals surface area contributed by atoms with Crippen LogP contribution in [-0.4, -0.2) is 24.4 Å². The lowest BCUT2D eigenvalue weighted by molar-refractivity contribution is 0.524. The number of H-pyrrole nitrogens is 1. The first-order valence-corrected chi connectivity index (χ1v) is 9.67. The summed E-state index contributed by atoms with van der Waals surface area (Å²) < 4.78 is 2.78. The summed E-state index contributed by atoms with van der Waals surface area (Å²) in [5.74, 6) is 0. The molecule has 5 aromatic rings. The van der Waals surface area contributed by atoms with Gasteiger partial charge in [0.2, 0.25) is 0 Å². The van der Waals surface area contributed by atoms with Crippen LogP contribution < -0.4 is 11.1 Å². The highest BCUT2D eigenvalue weighted by atomic mass is 16.1. The molecule has 7 nitrogen and oxygen atoms in total. The maximum atomic E-state index is 12.9. The zero-order valence-electron chi connectivity index (χ0n) is 16.5. The average Bonchev–Trinajstić information content (AvgIpc) is 3.19. The van der Waals surface area contributed by atoms with Gasteiger partial charge in [0.25, 0.3) is 11.1 Å². The van der Waals surface area contributed by atoms with Gasteiger partial charge in [0.15, 0.2) is 5.65 Å². The zero-order valence-corrected chi connectivity index (χ0v) is 16.5. The predicted octanol–water partition coefficient (Wildman–Crippen LogP) is 3.32. The van der Waals surface area contributed by atoms with Crippen LogP contribution in [0.4, 0.5) is 0 Å². The summed E-state index contributed by atoms with van der Waals surface area (Å²) in [6.45, 7) is 3.84. The number of nitrogens with one attached hydrogen (secondary N) is 1. The molecule has 0 spiro atoms. The van der Waals surface area contributed by atoms with Crippen LogP contribution in [0.3, 0.4) is 0 Å².